The van der Waals surface area contributed by atoms with Crippen LogP contribution in [0.25, 0.3) is 0 Å². The lowest BCUT2D eigenvalue weighted by molar-refractivity contribution is -0.154. The summed E-state index contributed by atoms with van der Waals surface area (Å²) in [5, 5.41) is -0.597. The Kier molecular flexibility index (Phi) is 2.62. The molecule has 3 heterocycles. The van der Waals surface area contributed by atoms with Crippen LogP contribution >= 0.6 is 11.6 Å². The van der Waals surface area contributed by atoms with Gasteiger partial charge in [0.2, 0.25) is 0 Å². The number of fused-ring (bicyclic) bond motifs is 1. The van der Waals surface area contributed by atoms with Crippen LogP contribution in [-0.2, 0) is 28.6 Å². The van der Waals surface area contributed by atoms with Crippen molar-refractivity contribution in [2.75, 3.05) is 5.88 Å². The van der Waals surface area contributed by atoms with E-state index in [-0.39, 0.29) is 18.4 Å². The minimum atomic E-state index is -3.55. The van der Waals surface area contributed by atoms with Crippen LogP contribution in [0.2, 0.25) is 0 Å². The fourth-order valence-electron chi connectivity index (χ4n) is 2.66. The predicted molar refractivity (Wildman–Crippen MR) is 56.1 cm³/mol. The molecule has 96 valence electrons. The molecule has 3 fully saturated rings. The molecular weight excluding hydrogens is 272 g/mol. The first-order chi connectivity index (χ1) is 8.03. The maximum atomic E-state index is 11.6. The van der Waals surface area contributed by atoms with E-state index in [0.717, 1.165) is 0 Å². The molecule has 2 bridgehead atoms. The molecule has 3 saturated heterocycles. The average Bonchev–Trinajstić information content (AvgIpc) is 2.82. The molecule has 8 heteroatoms. The van der Waals surface area contributed by atoms with E-state index < -0.39 is 39.6 Å². The number of hydrogen-bond acceptors (Lipinski definition) is 6. The first-order valence-electron chi connectivity index (χ1n) is 5.36. The zero-order valence-corrected chi connectivity index (χ0v) is 10.3. The zero-order valence-electron chi connectivity index (χ0n) is 8.74. The molecule has 0 saturated carbocycles. The third-order valence-electron chi connectivity index (χ3n) is 3.36. The summed E-state index contributed by atoms with van der Waals surface area (Å²) in [5.74, 6) is -0.280. The van der Waals surface area contributed by atoms with Crippen molar-refractivity contribution < 1.29 is 26.9 Å². The predicted octanol–water partition coefficient (Wildman–Crippen LogP) is -0.205. The van der Waals surface area contributed by atoms with Gasteiger partial charge in [-0.2, -0.15) is 8.42 Å². The number of alkyl halides is 1. The SMILES string of the molecule is O=C(CCCl)OC1C2CC3C(O2)C1OS3(=O)=O. The van der Waals surface area contributed by atoms with Crippen LogP contribution in [0.3, 0.4) is 0 Å². The molecule has 3 aliphatic heterocycles. The van der Waals surface area contributed by atoms with Gasteiger partial charge < -0.3 is 9.47 Å². The second-order valence-corrected chi connectivity index (χ2v) is 6.52. The molecule has 0 radical (unpaired) electrons. The Labute approximate surface area is 103 Å². The summed E-state index contributed by atoms with van der Waals surface area (Å²) in [4.78, 5) is 11.3. The summed E-state index contributed by atoms with van der Waals surface area (Å²) >= 11 is 5.43. The lowest BCUT2D eigenvalue weighted by Gasteiger charge is -2.21. The second-order valence-electron chi connectivity index (χ2n) is 4.36. The van der Waals surface area contributed by atoms with Crippen molar-refractivity contribution in [3.05, 3.63) is 0 Å². The first-order valence-corrected chi connectivity index (χ1v) is 7.36. The monoisotopic (exact) mass is 282 g/mol. The topological polar surface area (TPSA) is 78.9 Å². The molecular formula is C9H11ClO6S. The molecule has 6 nitrogen and oxygen atoms in total. The van der Waals surface area contributed by atoms with Gasteiger partial charge in [0.25, 0.3) is 10.1 Å². The van der Waals surface area contributed by atoms with Crippen LogP contribution in [0.4, 0.5) is 0 Å². The average molecular weight is 283 g/mol. The van der Waals surface area contributed by atoms with Crippen LogP contribution in [0.15, 0.2) is 0 Å². The third kappa shape index (κ3) is 1.68. The number of esters is 1. The van der Waals surface area contributed by atoms with Crippen LogP contribution < -0.4 is 0 Å². The maximum absolute atomic E-state index is 11.6. The Morgan fingerprint density at radius 1 is 1.41 bits per heavy atom. The molecule has 0 aromatic rings. The van der Waals surface area contributed by atoms with Crippen LogP contribution in [-0.4, -0.2) is 49.9 Å². The summed E-state index contributed by atoms with van der Waals surface area (Å²) in [6.07, 6.45) is -1.72. The summed E-state index contributed by atoms with van der Waals surface area (Å²) in [6.45, 7) is 0. The largest absolute Gasteiger partial charge is 0.457 e. The van der Waals surface area contributed by atoms with E-state index in [2.05, 4.69) is 0 Å². The number of carbonyl (C=O) groups excluding carboxylic acids is 1. The van der Waals surface area contributed by atoms with E-state index in [9.17, 15) is 13.2 Å². The van der Waals surface area contributed by atoms with Gasteiger partial charge in [0.15, 0.2) is 6.10 Å². The van der Waals surface area contributed by atoms with Gasteiger partial charge >= 0.3 is 5.97 Å². The summed E-state index contributed by atoms with van der Waals surface area (Å²) in [7, 11) is -3.55. The standard InChI is InChI=1S/C9H11ClO6S/c10-2-1-6(11)15-7-4-3-5-8(14-4)9(7)16-17(5,12)13/h4-5,7-9H,1-3H2. The van der Waals surface area contributed by atoms with E-state index in [4.69, 9.17) is 25.3 Å². The van der Waals surface area contributed by atoms with Crippen molar-refractivity contribution in [2.45, 2.75) is 42.5 Å². The highest BCUT2D eigenvalue weighted by Gasteiger charge is 2.67. The van der Waals surface area contributed by atoms with Crippen LogP contribution in [0.1, 0.15) is 12.8 Å². The van der Waals surface area contributed by atoms with Crippen molar-refractivity contribution >= 4 is 27.7 Å². The van der Waals surface area contributed by atoms with Gasteiger partial charge in [0, 0.05) is 5.88 Å². The smallest absolute Gasteiger partial charge is 0.307 e. The fourth-order valence-corrected chi connectivity index (χ4v) is 4.45. The highest BCUT2D eigenvalue weighted by molar-refractivity contribution is 7.87. The fraction of sp³-hybridized carbons (Fsp3) is 0.889. The minimum absolute atomic E-state index is 0.0956. The molecule has 5 atom stereocenters. The summed E-state index contributed by atoms with van der Waals surface area (Å²) < 4.78 is 38.7. The van der Waals surface area contributed by atoms with E-state index in [1.165, 1.54) is 0 Å². The van der Waals surface area contributed by atoms with Gasteiger partial charge in [0.1, 0.15) is 17.5 Å². The first kappa shape index (κ1) is 11.7. The van der Waals surface area contributed by atoms with E-state index in [0.29, 0.717) is 6.42 Å². The number of ether oxygens (including phenoxy) is 2. The number of halogens is 1. The molecule has 17 heavy (non-hydrogen) atoms. The van der Waals surface area contributed by atoms with E-state index >= 15 is 0 Å². The normalized spacial score (nSPS) is 45.1. The molecule has 5 unspecified atom stereocenters. The molecule has 3 rings (SSSR count). The molecule has 0 N–H and O–H groups in total. The van der Waals surface area contributed by atoms with Gasteiger partial charge in [-0.1, -0.05) is 0 Å². The molecule has 3 aliphatic rings. The summed E-state index contributed by atoms with van der Waals surface area (Å²) in [5.41, 5.74) is 0. The Hall–Kier alpha value is -0.370. The zero-order chi connectivity index (χ0) is 12.2. The minimum Gasteiger partial charge on any atom is -0.457 e. The maximum Gasteiger partial charge on any atom is 0.307 e. The van der Waals surface area contributed by atoms with Crippen molar-refractivity contribution in [1.29, 1.82) is 0 Å². The van der Waals surface area contributed by atoms with Crippen molar-refractivity contribution in [3.63, 3.8) is 0 Å². The van der Waals surface area contributed by atoms with Gasteiger partial charge in [-0.3, -0.25) is 8.98 Å². The van der Waals surface area contributed by atoms with E-state index in [1.807, 2.05) is 0 Å². The van der Waals surface area contributed by atoms with Crippen molar-refractivity contribution in [3.8, 4) is 0 Å². The quantitative estimate of drug-likeness (QED) is 0.405. The molecule has 0 amide bonds. The van der Waals surface area contributed by atoms with E-state index in [1.54, 1.807) is 0 Å². The Morgan fingerprint density at radius 2 is 2.18 bits per heavy atom. The molecule has 0 aromatic carbocycles. The van der Waals surface area contributed by atoms with Gasteiger partial charge in [-0.25, -0.2) is 0 Å². The second kappa shape index (κ2) is 3.81. The molecule has 0 aliphatic carbocycles. The highest BCUT2D eigenvalue weighted by Crippen LogP contribution is 2.47. The lowest BCUT2D eigenvalue weighted by Crippen LogP contribution is -2.41. The van der Waals surface area contributed by atoms with Crippen LogP contribution in [0.5, 0.6) is 0 Å². The molecule has 0 spiro atoms. The number of carbonyl (C=O) groups is 1. The lowest BCUT2D eigenvalue weighted by atomic mass is 9.94. The van der Waals surface area contributed by atoms with Crippen LogP contribution in [0, 0.1) is 0 Å². The van der Waals surface area contributed by atoms with Gasteiger partial charge in [-0.15, -0.1) is 11.6 Å². The van der Waals surface area contributed by atoms with Crippen molar-refractivity contribution in [1.82, 2.24) is 0 Å². The number of rotatable bonds is 3. The number of hydrogen-bond donors (Lipinski definition) is 0. The Morgan fingerprint density at radius 3 is 2.88 bits per heavy atom. The Balaban J connectivity index is 1.76. The molecule has 0 aromatic heterocycles. The Bertz CT molecular complexity index is 448. The highest BCUT2D eigenvalue weighted by atomic mass is 35.5. The van der Waals surface area contributed by atoms with Gasteiger partial charge in [-0.05, 0) is 6.42 Å². The summed E-state index contributed by atoms with van der Waals surface area (Å²) in [6, 6.07) is 0. The van der Waals surface area contributed by atoms with Gasteiger partial charge in [0.05, 0.1) is 12.5 Å². The third-order valence-corrected chi connectivity index (χ3v) is 5.24. The van der Waals surface area contributed by atoms with Crippen molar-refractivity contribution in [2.24, 2.45) is 0 Å².